The summed E-state index contributed by atoms with van der Waals surface area (Å²) >= 11 is 1.40. The molecule has 0 fully saturated rings. The summed E-state index contributed by atoms with van der Waals surface area (Å²) in [7, 11) is 1.74. The number of benzene rings is 2. The van der Waals surface area contributed by atoms with Crippen LogP contribution in [0.3, 0.4) is 0 Å². The quantitative estimate of drug-likeness (QED) is 0.620. The highest BCUT2D eigenvalue weighted by atomic mass is 32.2. The van der Waals surface area contributed by atoms with E-state index in [1.165, 1.54) is 11.8 Å². The Hall–Kier alpha value is -2.80. The number of ether oxygens (including phenoxy) is 1. The Balaban J connectivity index is 1.81. The summed E-state index contributed by atoms with van der Waals surface area (Å²) in [6, 6.07) is 16.6. The van der Waals surface area contributed by atoms with Crippen LogP contribution < -0.4 is 10.1 Å². The van der Waals surface area contributed by atoms with Crippen LogP contribution in [0, 0.1) is 0 Å². The molecule has 6 nitrogen and oxygen atoms in total. The number of likely N-dealkylation sites (N-methyl/N-ethyl adjacent to an activating group) is 1. The molecule has 0 saturated heterocycles. The molecule has 0 aliphatic heterocycles. The van der Waals surface area contributed by atoms with Crippen molar-refractivity contribution in [2.24, 2.45) is 0 Å². The first-order valence-corrected chi connectivity index (χ1v) is 10.1. The van der Waals surface area contributed by atoms with Crippen LogP contribution in [0.5, 0.6) is 5.75 Å². The molecule has 0 aliphatic carbocycles. The van der Waals surface area contributed by atoms with Crippen molar-refractivity contribution in [1.29, 1.82) is 0 Å². The Morgan fingerprint density at radius 3 is 2.43 bits per heavy atom. The van der Waals surface area contributed by atoms with E-state index in [4.69, 9.17) is 4.74 Å². The van der Waals surface area contributed by atoms with Crippen LogP contribution in [0.4, 0.5) is 0 Å². The number of carbonyl (C=O) groups excluding carboxylic acids is 3. The van der Waals surface area contributed by atoms with Crippen LogP contribution in [0.2, 0.25) is 0 Å². The first-order valence-electron chi connectivity index (χ1n) is 8.84. The fourth-order valence-corrected chi connectivity index (χ4v) is 3.21. The average molecular weight is 401 g/mol. The summed E-state index contributed by atoms with van der Waals surface area (Å²) in [5.74, 6) is 0.354. The third kappa shape index (κ3) is 6.42. The summed E-state index contributed by atoms with van der Waals surface area (Å²) in [6.45, 7) is 0.847. The molecule has 2 aromatic carbocycles. The summed E-state index contributed by atoms with van der Waals surface area (Å²) < 4.78 is 5.71. The van der Waals surface area contributed by atoms with E-state index in [0.717, 1.165) is 5.56 Å². The summed E-state index contributed by atoms with van der Waals surface area (Å²) in [5.41, 5.74) is 1.63. The van der Waals surface area contributed by atoms with Crippen LogP contribution in [0.15, 0.2) is 54.6 Å². The predicted molar refractivity (Wildman–Crippen MR) is 111 cm³/mol. The number of thioether (sulfide) groups is 1. The molecule has 0 aromatic heterocycles. The third-order valence-electron chi connectivity index (χ3n) is 4.19. The van der Waals surface area contributed by atoms with Crippen molar-refractivity contribution in [3.8, 4) is 5.75 Å². The summed E-state index contributed by atoms with van der Waals surface area (Å²) in [5, 5.41) is 1.87. The van der Waals surface area contributed by atoms with Crippen molar-refractivity contribution in [2.45, 2.75) is 11.7 Å². The molecule has 0 aliphatic rings. The highest BCUT2D eigenvalue weighted by molar-refractivity contribution is 7.99. The number of imide groups is 1. The summed E-state index contributed by atoms with van der Waals surface area (Å²) in [6.07, 6.45) is 2.76. The van der Waals surface area contributed by atoms with Crippen molar-refractivity contribution >= 4 is 30.0 Å². The Kier molecular flexibility index (Phi) is 8.55. The molecule has 1 N–H and O–H groups in total. The highest BCUT2D eigenvalue weighted by Crippen LogP contribution is 2.18. The molecular weight excluding hydrogens is 376 g/mol. The lowest BCUT2D eigenvalue weighted by Crippen LogP contribution is -2.32. The van der Waals surface area contributed by atoms with E-state index in [1.54, 1.807) is 24.1 Å². The van der Waals surface area contributed by atoms with E-state index < -0.39 is 0 Å². The van der Waals surface area contributed by atoms with Crippen molar-refractivity contribution in [3.05, 3.63) is 65.7 Å². The molecule has 2 aromatic rings. The molecule has 1 atom stereocenters. The smallest absolute Gasteiger partial charge is 0.253 e. The van der Waals surface area contributed by atoms with Gasteiger partial charge in [0.05, 0.1) is 11.8 Å². The Morgan fingerprint density at radius 2 is 1.82 bits per heavy atom. The predicted octanol–water partition coefficient (Wildman–Crippen LogP) is 2.38. The van der Waals surface area contributed by atoms with E-state index >= 15 is 0 Å². The molecular formula is C21H24N2O4S. The monoisotopic (exact) mass is 400 g/mol. The highest BCUT2D eigenvalue weighted by Gasteiger charge is 2.17. The van der Waals surface area contributed by atoms with Crippen molar-refractivity contribution in [2.75, 3.05) is 26.5 Å². The van der Waals surface area contributed by atoms with Gasteiger partial charge in [-0.2, -0.15) is 11.8 Å². The minimum Gasteiger partial charge on any atom is -0.492 e. The van der Waals surface area contributed by atoms with Crippen molar-refractivity contribution in [1.82, 2.24) is 10.2 Å². The molecule has 0 saturated carbocycles. The molecule has 7 heteroatoms. The molecule has 0 radical (unpaired) electrons. The fourth-order valence-electron chi connectivity index (χ4n) is 2.57. The maximum absolute atomic E-state index is 12.3. The van der Waals surface area contributed by atoms with Crippen LogP contribution in [-0.2, 0) is 16.0 Å². The van der Waals surface area contributed by atoms with E-state index in [2.05, 4.69) is 5.32 Å². The lowest BCUT2D eigenvalue weighted by Gasteiger charge is -2.17. The van der Waals surface area contributed by atoms with Crippen LogP contribution in [0.25, 0.3) is 0 Å². The minimum absolute atomic E-state index is 0.0451. The van der Waals surface area contributed by atoms with Gasteiger partial charge in [0.15, 0.2) is 0 Å². The van der Waals surface area contributed by atoms with Gasteiger partial charge in [-0.05, 0) is 42.5 Å². The number of hydrogen-bond acceptors (Lipinski definition) is 5. The number of hydrogen-bond donors (Lipinski definition) is 1. The van der Waals surface area contributed by atoms with Crippen molar-refractivity contribution < 1.29 is 19.1 Å². The first-order chi connectivity index (χ1) is 13.5. The van der Waals surface area contributed by atoms with Gasteiger partial charge in [0.2, 0.25) is 12.3 Å². The van der Waals surface area contributed by atoms with Crippen LogP contribution >= 0.6 is 11.8 Å². The largest absolute Gasteiger partial charge is 0.492 e. The maximum Gasteiger partial charge on any atom is 0.253 e. The molecule has 3 amide bonds. The van der Waals surface area contributed by atoms with Gasteiger partial charge in [-0.1, -0.05) is 30.3 Å². The zero-order valence-corrected chi connectivity index (χ0v) is 16.8. The van der Waals surface area contributed by atoms with E-state index in [9.17, 15) is 14.4 Å². The SMILES string of the molecule is CSC(Cc1ccc(OCCN(C)C(=O)c2ccccc2)cc1)C(=O)NC=O. The van der Waals surface area contributed by atoms with Gasteiger partial charge < -0.3 is 9.64 Å². The molecule has 0 heterocycles. The van der Waals surface area contributed by atoms with Crippen LogP contribution in [-0.4, -0.2) is 54.8 Å². The number of amides is 3. The lowest BCUT2D eigenvalue weighted by atomic mass is 10.1. The number of nitrogens with one attached hydrogen (secondary N) is 1. The number of rotatable bonds is 10. The Bertz CT molecular complexity index is 781. The van der Waals surface area contributed by atoms with Gasteiger partial charge in [0.25, 0.3) is 5.91 Å². The average Bonchev–Trinajstić information content (AvgIpc) is 2.73. The second-order valence-electron chi connectivity index (χ2n) is 6.14. The molecule has 148 valence electrons. The molecule has 1 unspecified atom stereocenters. The Labute approximate surface area is 169 Å². The minimum atomic E-state index is -0.324. The normalized spacial score (nSPS) is 11.4. The van der Waals surface area contributed by atoms with E-state index in [1.807, 2.05) is 48.7 Å². The molecule has 2 rings (SSSR count). The number of carbonyl (C=O) groups is 3. The lowest BCUT2D eigenvalue weighted by molar-refractivity contribution is -0.124. The molecule has 28 heavy (non-hydrogen) atoms. The van der Waals surface area contributed by atoms with E-state index in [-0.39, 0.29) is 17.1 Å². The molecule has 0 spiro atoms. The van der Waals surface area contributed by atoms with E-state index in [0.29, 0.717) is 37.3 Å². The standard InChI is InChI=1S/C21H24N2O4S/c1-23(21(26)17-6-4-3-5-7-17)12-13-27-18-10-8-16(9-11-18)14-19(28-2)20(25)22-15-24/h3-11,15,19H,12-14H2,1-2H3,(H,22,24,25). The zero-order chi connectivity index (χ0) is 20.4. The Morgan fingerprint density at radius 1 is 1.14 bits per heavy atom. The van der Waals surface area contributed by atoms with Crippen molar-refractivity contribution in [3.63, 3.8) is 0 Å². The van der Waals surface area contributed by atoms with Gasteiger partial charge in [-0.25, -0.2) is 0 Å². The van der Waals surface area contributed by atoms with Gasteiger partial charge >= 0.3 is 0 Å². The molecule has 0 bridgehead atoms. The third-order valence-corrected chi connectivity index (χ3v) is 5.14. The number of nitrogens with zero attached hydrogens (tertiary/aromatic N) is 1. The second-order valence-corrected chi connectivity index (χ2v) is 7.18. The van der Waals surface area contributed by atoms with Gasteiger partial charge in [-0.3, -0.25) is 19.7 Å². The zero-order valence-electron chi connectivity index (χ0n) is 16.0. The second kappa shape index (κ2) is 11.1. The maximum atomic E-state index is 12.3. The summed E-state index contributed by atoms with van der Waals surface area (Å²) in [4.78, 5) is 36.1. The first kappa shape index (κ1) is 21.5. The fraction of sp³-hybridized carbons (Fsp3) is 0.286. The van der Waals surface area contributed by atoms with Gasteiger partial charge in [0, 0.05) is 12.6 Å². The van der Waals surface area contributed by atoms with Crippen LogP contribution in [0.1, 0.15) is 15.9 Å². The van der Waals surface area contributed by atoms with Gasteiger partial charge in [0.1, 0.15) is 12.4 Å². The topological polar surface area (TPSA) is 75.7 Å². The van der Waals surface area contributed by atoms with Gasteiger partial charge in [-0.15, -0.1) is 0 Å².